The first kappa shape index (κ1) is 12.0. The molecule has 0 saturated heterocycles. The summed E-state index contributed by atoms with van der Waals surface area (Å²) in [6, 6.07) is 1.74. The lowest BCUT2D eigenvalue weighted by Crippen LogP contribution is -2.07. The number of rotatable bonds is 6. The number of aryl methyl sites for hydroxylation is 1. The highest BCUT2D eigenvalue weighted by atomic mass is 32.1. The van der Waals surface area contributed by atoms with Crippen LogP contribution in [-0.4, -0.2) is 30.9 Å². The van der Waals surface area contributed by atoms with E-state index in [1.54, 1.807) is 6.07 Å². The Morgan fingerprint density at radius 3 is 2.87 bits per heavy atom. The van der Waals surface area contributed by atoms with Crippen LogP contribution < -0.4 is 4.74 Å². The van der Waals surface area contributed by atoms with Gasteiger partial charge in [0, 0.05) is 11.5 Å². The van der Waals surface area contributed by atoms with E-state index in [1.165, 1.54) is 11.3 Å². The summed E-state index contributed by atoms with van der Waals surface area (Å²) in [7, 11) is 0. The highest BCUT2D eigenvalue weighted by molar-refractivity contribution is 7.14. The summed E-state index contributed by atoms with van der Waals surface area (Å²) in [4.78, 5) is 12.0. The molecular weight excluding hydrogens is 216 g/mol. The van der Waals surface area contributed by atoms with Crippen molar-refractivity contribution in [2.24, 2.45) is 0 Å². The minimum absolute atomic E-state index is 0.254. The second kappa shape index (κ2) is 5.72. The minimum Gasteiger partial charge on any atom is -0.489 e. The molecule has 0 atom stereocenters. The first-order valence-corrected chi connectivity index (χ1v) is 5.51. The second-order valence-electron chi connectivity index (χ2n) is 2.90. The quantitative estimate of drug-likeness (QED) is 0.761. The van der Waals surface area contributed by atoms with Gasteiger partial charge in [0.15, 0.2) is 4.88 Å². The molecule has 5 heteroatoms. The van der Waals surface area contributed by atoms with E-state index in [4.69, 9.17) is 14.6 Å². The van der Waals surface area contributed by atoms with E-state index in [0.29, 0.717) is 25.6 Å². The summed E-state index contributed by atoms with van der Waals surface area (Å²) in [5, 5.41) is 8.88. The zero-order valence-corrected chi connectivity index (χ0v) is 9.60. The van der Waals surface area contributed by atoms with Gasteiger partial charge in [0.1, 0.15) is 12.4 Å². The van der Waals surface area contributed by atoms with Crippen LogP contribution in [0.15, 0.2) is 6.07 Å². The van der Waals surface area contributed by atoms with Gasteiger partial charge in [-0.1, -0.05) is 0 Å². The molecule has 1 heterocycles. The molecular formula is C10H14O4S. The maximum atomic E-state index is 10.8. The average molecular weight is 230 g/mol. The van der Waals surface area contributed by atoms with Crippen LogP contribution in [0.4, 0.5) is 0 Å². The first-order chi connectivity index (χ1) is 7.15. The summed E-state index contributed by atoms with van der Waals surface area (Å²) < 4.78 is 10.4. The standard InChI is InChI=1S/C10H14O4S/c1-3-13-4-5-14-8-6-7(2)15-9(8)10(11)12/h6H,3-5H2,1-2H3,(H,11,12). The Morgan fingerprint density at radius 2 is 2.27 bits per heavy atom. The lowest BCUT2D eigenvalue weighted by atomic mass is 10.4. The Bertz CT molecular complexity index is 332. The van der Waals surface area contributed by atoms with Crippen molar-refractivity contribution in [3.63, 3.8) is 0 Å². The molecule has 0 saturated carbocycles. The third kappa shape index (κ3) is 3.53. The lowest BCUT2D eigenvalue weighted by molar-refractivity contribution is 0.0693. The Kier molecular flexibility index (Phi) is 4.58. The highest BCUT2D eigenvalue weighted by Gasteiger charge is 2.14. The van der Waals surface area contributed by atoms with E-state index in [1.807, 2.05) is 13.8 Å². The Labute approximate surface area is 92.4 Å². The van der Waals surface area contributed by atoms with Crippen molar-refractivity contribution >= 4 is 17.3 Å². The SMILES string of the molecule is CCOCCOc1cc(C)sc1C(=O)O. The summed E-state index contributed by atoms with van der Waals surface area (Å²) in [5.41, 5.74) is 0. The van der Waals surface area contributed by atoms with Crippen LogP contribution in [0.25, 0.3) is 0 Å². The van der Waals surface area contributed by atoms with Gasteiger partial charge in [0.25, 0.3) is 0 Å². The molecule has 0 aliphatic rings. The second-order valence-corrected chi connectivity index (χ2v) is 4.16. The molecule has 0 aromatic carbocycles. The molecule has 84 valence electrons. The van der Waals surface area contributed by atoms with Crippen molar-refractivity contribution in [1.82, 2.24) is 0 Å². The van der Waals surface area contributed by atoms with E-state index in [9.17, 15) is 4.79 Å². The van der Waals surface area contributed by atoms with Crippen LogP contribution in [0.2, 0.25) is 0 Å². The fourth-order valence-electron chi connectivity index (χ4n) is 1.10. The van der Waals surface area contributed by atoms with Crippen LogP contribution in [-0.2, 0) is 4.74 Å². The molecule has 0 aliphatic carbocycles. The number of hydrogen-bond donors (Lipinski definition) is 1. The summed E-state index contributed by atoms with van der Waals surface area (Å²) in [6.45, 7) is 5.25. The lowest BCUT2D eigenvalue weighted by Gasteiger charge is -2.04. The van der Waals surface area contributed by atoms with E-state index in [0.717, 1.165) is 4.88 Å². The molecule has 0 fully saturated rings. The first-order valence-electron chi connectivity index (χ1n) is 4.69. The number of ether oxygens (including phenoxy) is 2. The predicted octanol–water partition coefficient (Wildman–Crippen LogP) is 2.17. The van der Waals surface area contributed by atoms with Gasteiger partial charge in [0.2, 0.25) is 0 Å². The van der Waals surface area contributed by atoms with Crippen LogP contribution in [0, 0.1) is 6.92 Å². The van der Waals surface area contributed by atoms with Crippen molar-refractivity contribution in [3.8, 4) is 5.75 Å². The third-order valence-corrected chi connectivity index (χ3v) is 2.72. The number of carboxylic acid groups (broad SMARTS) is 1. The van der Waals surface area contributed by atoms with Crippen molar-refractivity contribution in [1.29, 1.82) is 0 Å². The Hall–Kier alpha value is -1.07. The van der Waals surface area contributed by atoms with Crippen LogP contribution in [0.3, 0.4) is 0 Å². The summed E-state index contributed by atoms with van der Waals surface area (Å²) in [6.07, 6.45) is 0. The van der Waals surface area contributed by atoms with E-state index >= 15 is 0 Å². The van der Waals surface area contributed by atoms with Crippen molar-refractivity contribution < 1.29 is 19.4 Å². The number of aromatic carboxylic acids is 1. The van der Waals surface area contributed by atoms with Crippen LogP contribution >= 0.6 is 11.3 Å². The normalized spacial score (nSPS) is 10.3. The Balaban J connectivity index is 2.55. The molecule has 1 rings (SSSR count). The maximum Gasteiger partial charge on any atom is 0.349 e. The third-order valence-electron chi connectivity index (χ3n) is 1.70. The number of hydrogen-bond acceptors (Lipinski definition) is 4. The topological polar surface area (TPSA) is 55.8 Å². The van der Waals surface area contributed by atoms with Gasteiger partial charge in [-0.3, -0.25) is 0 Å². The zero-order chi connectivity index (χ0) is 11.3. The minimum atomic E-state index is -0.945. The molecule has 0 aliphatic heterocycles. The predicted molar refractivity (Wildman–Crippen MR) is 58.0 cm³/mol. The molecule has 1 N–H and O–H groups in total. The fourth-order valence-corrected chi connectivity index (χ4v) is 1.90. The molecule has 0 radical (unpaired) electrons. The number of carbonyl (C=O) groups is 1. The smallest absolute Gasteiger partial charge is 0.349 e. The van der Waals surface area contributed by atoms with Crippen LogP contribution in [0.1, 0.15) is 21.5 Å². The van der Waals surface area contributed by atoms with Crippen molar-refractivity contribution in [2.45, 2.75) is 13.8 Å². The molecule has 1 aromatic heterocycles. The maximum absolute atomic E-state index is 10.8. The summed E-state index contributed by atoms with van der Waals surface area (Å²) >= 11 is 1.22. The van der Waals surface area contributed by atoms with Gasteiger partial charge < -0.3 is 14.6 Å². The van der Waals surface area contributed by atoms with Gasteiger partial charge in [-0.2, -0.15) is 0 Å². The fraction of sp³-hybridized carbons (Fsp3) is 0.500. The number of carboxylic acids is 1. The highest BCUT2D eigenvalue weighted by Crippen LogP contribution is 2.28. The van der Waals surface area contributed by atoms with Gasteiger partial charge >= 0.3 is 5.97 Å². The molecule has 0 bridgehead atoms. The van der Waals surface area contributed by atoms with Gasteiger partial charge in [-0.15, -0.1) is 11.3 Å². The summed E-state index contributed by atoms with van der Waals surface area (Å²) in [5.74, 6) is -0.510. The molecule has 0 spiro atoms. The zero-order valence-electron chi connectivity index (χ0n) is 8.78. The molecule has 4 nitrogen and oxygen atoms in total. The van der Waals surface area contributed by atoms with E-state index in [-0.39, 0.29) is 4.88 Å². The van der Waals surface area contributed by atoms with Crippen molar-refractivity contribution in [2.75, 3.05) is 19.8 Å². The van der Waals surface area contributed by atoms with Gasteiger partial charge in [0.05, 0.1) is 6.61 Å². The average Bonchev–Trinajstić information content (AvgIpc) is 2.55. The molecule has 1 aromatic rings. The Morgan fingerprint density at radius 1 is 1.53 bits per heavy atom. The van der Waals surface area contributed by atoms with E-state index in [2.05, 4.69) is 0 Å². The monoisotopic (exact) mass is 230 g/mol. The van der Waals surface area contributed by atoms with E-state index < -0.39 is 5.97 Å². The van der Waals surface area contributed by atoms with Gasteiger partial charge in [-0.25, -0.2) is 4.79 Å². The van der Waals surface area contributed by atoms with Gasteiger partial charge in [-0.05, 0) is 19.9 Å². The molecule has 0 unspecified atom stereocenters. The van der Waals surface area contributed by atoms with Crippen LogP contribution in [0.5, 0.6) is 5.75 Å². The molecule has 0 amide bonds. The largest absolute Gasteiger partial charge is 0.489 e. The molecule has 15 heavy (non-hydrogen) atoms. The van der Waals surface area contributed by atoms with Crippen molar-refractivity contribution in [3.05, 3.63) is 15.8 Å². The number of thiophene rings is 1.